The second kappa shape index (κ2) is 5.89. The minimum Gasteiger partial charge on any atom is -0.397 e. The molecule has 0 unspecified atom stereocenters. The summed E-state index contributed by atoms with van der Waals surface area (Å²) in [6.07, 6.45) is 0. The van der Waals surface area contributed by atoms with Crippen LogP contribution in [0.25, 0.3) is 0 Å². The summed E-state index contributed by atoms with van der Waals surface area (Å²) in [5, 5.41) is 2.91. The average molecular weight is 286 g/mol. The van der Waals surface area contributed by atoms with Crippen molar-refractivity contribution in [1.82, 2.24) is 4.31 Å². The van der Waals surface area contributed by atoms with Gasteiger partial charge < -0.3 is 16.8 Å². The number of nitrogens with zero attached hydrogens (tertiary/aromatic N) is 1. The summed E-state index contributed by atoms with van der Waals surface area (Å²) in [6, 6.07) is 4.57. The maximum absolute atomic E-state index is 11.5. The molecule has 0 saturated heterocycles. The zero-order valence-electron chi connectivity index (χ0n) is 10.9. The lowest BCUT2D eigenvalue weighted by Crippen LogP contribution is -2.28. The highest BCUT2D eigenvalue weighted by Crippen LogP contribution is 2.19. The number of nitrogens with two attached hydrogens (primary N) is 2. The first-order valence-corrected chi connectivity index (χ1v) is 7.18. The maximum atomic E-state index is 11.5. The van der Waals surface area contributed by atoms with Crippen LogP contribution in [0.1, 0.15) is 10.4 Å². The van der Waals surface area contributed by atoms with E-state index in [2.05, 4.69) is 5.32 Å². The summed E-state index contributed by atoms with van der Waals surface area (Å²) < 4.78 is 24.2. The van der Waals surface area contributed by atoms with Gasteiger partial charge in [-0.1, -0.05) is 0 Å². The zero-order chi connectivity index (χ0) is 14.6. The van der Waals surface area contributed by atoms with Gasteiger partial charge in [-0.25, -0.2) is 12.7 Å². The number of carbonyl (C=O) groups excluding carboxylic acids is 1. The minimum atomic E-state index is -3.25. The van der Waals surface area contributed by atoms with Crippen LogP contribution in [-0.4, -0.2) is 45.0 Å². The van der Waals surface area contributed by atoms with Crippen LogP contribution in [0.2, 0.25) is 0 Å². The van der Waals surface area contributed by atoms with Crippen LogP contribution in [-0.2, 0) is 10.0 Å². The highest BCUT2D eigenvalue weighted by molar-refractivity contribution is 7.89. The first-order chi connectivity index (χ1) is 8.74. The van der Waals surface area contributed by atoms with E-state index in [1.807, 2.05) is 0 Å². The van der Waals surface area contributed by atoms with E-state index >= 15 is 0 Å². The van der Waals surface area contributed by atoms with Crippen molar-refractivity contribution in [2.24, 2.45) is 5.73 Å². The quantitative estimate of drug-likeness (QED) is 0.619. The van der Waals surface area contributed by atoms with Crippen molar-refractivity contribution >= 4 is 27.3 Å². The summed E-state index contributed by atoms with van der Waals surface area (Å²) in [6.45, 7) is 0.223. The Balaban J connectivity index is 2.67. The molecule has 0 radical (unpaired) electrons. The standard InChI is InChI=1S/C11H18N4O3S/c1-15(2)19(17,18)6-5-14-10-4-3-8(11(13)16)7-9(10)12/h3-4,7,14H,5-6,12H2,1-2H3,(H2,13,16). The molecule has 0 aliphatic rings. The second-order valence-corrected chi connectivity index (χ2v) is 6.49. The Bertz CT molecular complexity index is 569. The lowest BCUT2D eigenvalue weighted by molar-refractivity contribution is 0.100. The van der Waals surface area contributed by atoms with E-state index in [4.69, 9.17) is 11.5 Å². The van der Waals surface area contributed by atoms with E-state index in [9.17, 15) is 13.2 Å². The third-order valence-electron chi connectivity index (χ3n) is 2.57. The number of carbonyl (C=O) groups is 1. The summed E-state index contributed by atoms with van der Waals surface area (Å²) >= 11 is 0. The van der Waals surface area contributed by atoms with Gasteiger partial charge in [0.05, 0.1) is 17.1 Å². The van der Waals surface area contributed by atoms with Crippen molar-refractivity contribution in [3.8, 4) is 0 Å². The van der Waals surface area contributed by atoms with Crippen molar-refractivity contribution in [1.29, 1.82) is 0 Å². The van der Waals surface area contributed by atoms with E-state index < -0.39 is 15.9 Å². The molecule has 7 nitrogen and oxygen atoms in total. The number of nitrogens with one attached hydrogen (secondary N) is 1. The van der Waals surface area contributed by atoms with E-state index in [1.54, 1.807) is 6.07 Å². The molecule has 1 amide bonds. The van der Waals surface area contributed by atoms with Gasteiger partial charge in [-0.2, -0.15) is 0 Å². The molecule has 106 valence electrons. The topological polar surface area (TPSA) is 119 Å². The summed E-state index contributed by atoms with van der Waals surface area (Å²) in [5.41, 5.74) is 12.1. The Morgan fingerprint density at radius 3 is 2.47 bits per heavy atom. The molecule has 0 spiro atoms. The van der Waals surface area contributed by atoms with Gasteiger partial charge >= 0.3 is 0 Å². The Kier molecular flexibility index (Phi) is 4.73. The van der Waals surface area contributed by atoms with Gasteiger partial charge in [0.25, 0.3) is 0 Å². The van der Waals surface area contributed by atoms with Gasteiger partial charge in [-0.3, -0.25) is 4.79 Å². The van der Waals surface area contributed by atoms with Gasteiger partial charge in [0.15, 0.2) is 0 Å². The van der Waals surface area contributed by atoms with Crippen molar-refractivity contribution in [2.75, 3.05) is 37.4 Å². The number of nitrogen functional groups attached to an aromatic ring is 1. The molecule has 1 rings (SSSR count). The molecular formula is C11H18N4O3S. The lowest BCUT2D eigenvalue weighted by Gasteiger charge is -2.13. The predicted molar refractivity (Wildman–Crippen MR) is 75.3 cm³/mol. The Morgan fingerprint density at radius 2 is 2.00 bits per heavy atom. The van der Waals surface area contributed by atoms with E-state index in [1.165, 1.54) is 26.2 Å². The van der Waals surface area contributed by atoms with Crippen molar-refractivity contribution < 1.29 is 13.2 Å². The van der Waals surface area contributed by atoms with Gasteiger partial charge in [-0.05, 0) is 18.2 Å². The number of amides is 1. The molecule has 0 bridgehead atoms. The molecule has 0 atom stereocenters. The van der Waals surface area contributed by atoms with Crippen molar-refractivity contribution in [3.05, 3.63) is 23.8 Å². The summed E-state index contributed by atoms with van der Waals surface area (Å²) in [7, 11) is -0.292. The predicted octanol–water partition coefficient (Wildman–Crippen LogP) is -0.329. The van der Waals surface area contributed by atoms with Crippen LogP contribution < -0.4 is 16.8 Å². The highest BCUT2D eigenvalue weighted by atomic mass is 32.2. The third-order valence-corrected chi connectivity index (χ3v) is 4.40. The number of sulfonamides is 1. The van der Waals surface area contributed by atoms with E-state index in [0.717, 1.165) is 4.31 Å². The number of primary amides is 1. The van der Waals surface area contributed by atoms with Crippen LogP contribution >= 0.6 is 0 Å². The van der Waals surface area contributed by atoms with Crippen molar-refractivity contribution in [3.63, 3.8) is 0 Å². The Labute approximate surface area is 112 Å². The fourth-order valence-electron chi connectivity index (χ4n) is 1.37. The number of hydrogen-bond donors (Lipinski definition) is 3. The molecule has 8 heteroatoms. The fraction of sp³-hybridized carbons (Fsp3) is 0.364. The molecule has 0 heterocycles. The first-order valence-electron chi connectivity index (χ1n) is 5.57. The number of benzene rings is 1. The SMILES string of the molecule is CN(C)S(=O)(=O)CCNc1ccc(C(N)=O)cc1N. The average Bonchev–Trinajstić information content (AvgIpc) is 2.30. The van der Waals surface area contributed by atoms with Gasteiger partial charge in [-0.15, -0.1) is 0 Å². The molecule has 0 aliphatic carbocycles. The van der Waals surface area contributed by atoms with Crippen LogP contribution in [0.5, 0.6) is 0 Å². The Morgan fingerprint density at radius 1 is 1.37 bits per heavy atom. The lowest BCUT2D eigenvalue weighted by atomic mass is 10.1. The zero-order valence-corrected chi connectivity index (χ0v) is 11.7. The molecule has 0 saturated carbocycles. The van der Waals surface area contributed by atoms with E-state index in [-0.39, 0.29) is 12.3 Å². The monoisotopic (exact) mass is 286 g/mol. The van der Waals surface area contributed by atoms with Crippen LogP contribution in [0.15, 0.2) is 18.2 Å². The molecule has 1 aromatic rings. The molecule has 1 aromatic carbocycles. The summed E-state index contributed by atoms with van der Waals surface area (Å²) in [5.74, 6) is -0.606. The highest BCUT2D eigenvalue weighted by Gasteiger charge is 2.13. The minimum absolute atomic E-state index is 0.0446. The molecule has 0 aliphatic heterocycles. The van der Waals surface area contributed by atoms with Crippen LogP contribution in [0, 0.1) is 0 Å². The number of anilines is 2. The summed E-state index contributed by atoms with van der Waals surface area (Å²) in [4.78, 5) is 10.9. The van der Waals surface area contributed by atoms with E-state index in [0.29, 0.717) is 16.9 Å². The normalized spacial score (nSPS) is 11.5. The Hall–Kier alpha value is -1.80. The van der Waals surface area contributed by atoms with Gasteiger partial charge in [0, 0.05) is 26.2 Å². The second-order valence-electron chi connectivity index (χ2n) is 4.19. The van der Waals surface area contributed by atoms with Crippen LogP contribution in [0.3, 0.4) is 0 Å². The van der Waals surface area contributed by atoms with Gasteiger partial charge in [0.1, 0.15) is 0 Å². The molecule has 0 aromatic heterocycles. The molecule has 5 N–H and O–H groups in total. The van der Waals surface area contributed by atoms with Gasteiger partial charge in [0.2, 0.25) is 15.9 Å². The fourth-order valence-corrected chi connectivity index (χ4v) is 2.10. The maximum Gasteiger partial charge on any atom is 0.248 e. The van der Waals surface area contributed by atoms with Crippen LogP contribution in [0.4, 0.5) is 11.4 Å². The number of rotatable bonds is 6. The first kappa shape index (κ1) is 15.3. The largest absolute Gasteiger partial charge is 0.397 e. The smallest absolute Gasteiger partial charge is 0.248 e. The van der Waals surface area contributed by atoms with Crippen molar-refractivity contribution in [2.45, 2.75) is 0 Å². The number of hydrogen-bond acceptors (Lipinski definition) is 5. The molecule has 19 heavy (non-hydrogen) atoms. The molecular weight excluding hydrogens is 268 g/mol. The molecule has 0 fully saturated rings. The third kappa shape index (κ3) is 4.11.